The molecule has 0 bridgehead atoms. The van der Waals surface area contributed by atoms with Crippen molar-refractivity contribution < 1.29 is 9.53 Å². The lowest BCUT2D eigenvalue weighted by Crippen LogP contribution is -2.46. The molecular formula is C15H23N3O2S. The number of nitrogens with one attached hydrogen (secondary N) is 1. The van der Waals surface area contributed by atoms with E-state index in [9.17, 15) is 4.79 Å². The fraction of sp³-hybridized carbons (Fsp3) is 0.600. The van der Waals surface area contributed by atoms with Gasteiger partial charge >= 0.3 is 0 Å². The number of nitrogens with zero attached hydrogens (tertiary/aromatic N) is 2. The molecule has 21 heavy (non-hydrogen) atoms. The normalized spacial score (nSPS) is 17.7. The molecule has 6 heteroatoms. The van der Waals surface area contributed by atoms with Gasteiger partial charge in [0.05, 0.1) is 30.2 Å². The highest BCUT2D eigenvalue weighted by molar-refractivity contribution is 8.00. The van der Waals surface area contributed by atoms with Crippen LogP contribution in [0, 0.1) is 5.92 Å². The summed E-state index contributed by atoms with van der Waals surface area (Å²) in [5, 5.41) is 3.80. The van der Waals surface area contributed by atoms with E-state index in [0.717, 1.165) is 31.3 Å². The van der Waals surface area contributed by atoms with Crippen LogP contribution in [-0.2, 0) is 9.53 Å². The molecule has 1 saturated heterocycles. The van der Waals surface area contributed by atoms with E-state index in [1.54, 1.807) is 6.20 Å². The number of carbonyl (C=O) groups excluding carboxylic acids is 1. The monoisotopic (exact) mass is 309 g/mol. The molecule has 0 spiro atoms. The summed E-state index contributed by atoms with van der Waals surface area (Å²) in [5.41, 5.74) is 0. The van der Waals surface area contributed by atoms with Gasteiger partial charge in [0.25, 0.3) is 0 Å². The molecule has 1 atom stereocenters. The van der Waals surface area contributed by atoms with Crippen molar-refractivity contribution in [3.63, 3.8) is 0 Å². The summed E-state index contributed by atoms with van der Waals surface area (Å²) in [6, 6.07) is 5.76. The van der Waals surface area contributed by atoms with E-state index in [1.807, 2.05) is 18.2 Å². The van der Waals surface area contributed by atoms with Crippen molar-refractivity contribution in [3.05, 3.63) is 24.4 Å². The Kier molecular flexibility index (Phi) is 6.48. The van der Waals surface area contributed by atoms with Gasteiger partial charge in [0.2, 0.25) is 5.91 Å². The van der Waals surface area contributed by atoms with Gasteiger partial charge in [-0.1, -0.05) is 31.7 Å². The Balaban J connectivity index is 1.86. The molecule has 2 rings (SSSR count). The number of rotatable bonds is 6. The molecule has 1 amide bonds. The van der Waals surface area contributed by atoms with Crippen LogP contribution in [0.3, 0.4) is 0 Å². The predicted octanol–water partition coefficient (Wildman–Crippen LogP) is 1.60. The summed E-state index contributed by atoms with van der Waals surface area (Å²) in [4.78, 5) is 18.9. The van der Waals surface area contributed by atoms with Gasteiger partial charge in [-0.15, -0.1) is 0 Å². The lowest BCUT2D eigenvalue weighted by Gasteiger charge is -2.28. The Labute approximate surface area is 130 Å². The fourth-order valence-corrected chi connectivity index (χ4v) is 3.09. The molecule has 1 aromatic rings. The topological polar surface area (TPSA) is 54.5 Å². The molecule has 116 valence electrons. The number of hydrogen-bond acceptors (Lipinski definition) is 5. The van der Waals surface area contributed by atoms with E-state index in [0.29, 0.717) is 6.67 Å². The second-order valence-corrected chi connectivity index (χ2v) is 6.54. The lowest BCUT2D eigenvalue weighted by molar-refractivity contribution is -0.122. The minimum absolute atomic E-state index is 0.0761. The zero-order valence-corrected chi connectivity index (χ0v) is 13.4. The number of ether oxygens (including phenoxy) is 1. The van der Waals surface area contributed by atoms with Crippen molar-refractivity contribution in [2.75, 3.05) is 33.0 Å². The first-order valence-corrected chi connectivity index (χ1v) is 8.20. The van der Waals surface area contributed by atoms with Crippen molar-refractivity contribution in [2.45, 2.75) is 24.1 Å². The van der Waals surface area contributed by atoms with E-state index in [2.05, 4.69) is 29.0 Å². The summed E-state index contributed by atoms with van der Waals surface area (Å²) < 4.78 is 5.30. The predicted molar refractivity (Wildman–Crippen MR) is 84.1 cm³/mol. The van der Waals surface area contributed by atoms with Gasteiger partial charge in [-0.2, -0.15) is 0 Å². The third kappa shape index (κ3) is 5.30. The Morgan fingerprint density at radius 3 is 2.81 bits per heavy atom. The summed E-state index contributed by atoms with van der Waals surface area (Å²) in [5.74, 6) is 0.328. The number of thioether (sulfide) groups is 1. The highest BCUT2D eigenvalue weighted by Gasteiger charge is 2.24. The number of amides is 1. The summed E-state index contributed by atoms with van der Waals surface area (Å²) in [7, 11) is 0. The smallest absolute Gasteiger partial charge is 0.234 e. The SMILES string of the molecule is CC(C)C(Sc1ccccn1)C(=O)NCN1CCOCC1. The second kappa shape index (κ2) is 8.36. The third-order valence-electron chi connectivity index (χ3n) is 3.33. The molecule has 1 aliphatic heterocycles. The molecule has 1 N–H and O–H groups in total. The van der Waals surface area contributed by atoms with Gasteiger partial charge in [0, 0.05) is 19.3 Å². The average molecular weight is 309 g/mol. The Morgan fingerprint density at radius 2 is 2.19 bits per heavy atom. The van der Waals surface area contributed by atoms with Gasteiger partial charge in [0.1, 0.15) is 0 Å². The first-order chi connectivity index (χ1) is 10.2. The molecule has 0 aliphatic carbocycles. The van der Waals surface area contributed by atoms with Crippen LogP contribution < -0.4 is 5.32 Å². The highest BCUT2D eigenvalue weighted by Crippen LogP contribution is 2.26. The maximum atomic E-state index is 12.4. The Bertz CT molecular complexity index is 436. The van der Waals surface area contributed by atoms with Crippen LogP contribution in [0.5, 0.6) is 0 Å². The quantitative estimate of drug-likeness (QED) is 0.809. The van der Waals surface area contributed by atoms with Crippen molar-refractivity contribution >= 4 is 17.7 Å². The van der Waals surface area contributed by atoms with Gasteiger partial charge < -0.3 is 10.1 Å². The van der Waals surface area contributed by atoms with E-state index in [-0.39, 0.29) is 17.1 Å². The summed E-state index contributed by atoms with van der Waals surface area (Å²) in [6.07, 6.45) is 1.76. The van der Waals surface area contributed by atoms with E-state index < -0.39 is 0 Å². The third-order valence-corrected chi connectivity index (χ3v) is 4.83. The molecule has 1 unspecified atom stereocenters. The second-order valence-electron chi connectivity index (χ2n) is 5.38. The van der Waals surface area contributed by atoms with Crippen LogP contribution in [0.2, 0.25) is 0 Å². The number of morpholine rings is 1. The molecule has 1 aromatic heterocycles. The first-order valence-electron chi connectivity index (χ1n) is 7.32. The van der Waals surface area contributed by atoms with Crippen molar-refractivity contribution in [2.24, 2.45) is 5.92 Å². The zero-order valence-electron chi connectivity index (χ0n) is 12.6. The van der Waals surface area contributed by atoms with Gasteiger partial charge in [-0.25, -0.2) is 4.98 Å². The molecule has 1 aliphatic rings. The van der Waals surface area contributed by atoms with Gasteiger partial charge in [0.15, 0.2) is 0 Å². The minimum Gasteiger partial charge on any atom is -0.379 e. The first kappa shape index (κ1) is 16.3. The van der Waals surface area contributed by atoms with Crippen molar-refractivity contribution in [1.29, 1.82) is 0 Å². The minimum atomic E-state index is -0.124. The van der Waals surface area contributed by atoms with Crippen LogP contribution in [0.15, 0.2) is 29.4 Å². The number of aromatic nitrogens is 1. The zero-order chi connectivity index (χ0) is 15.1. The largest absolute Gasteiger partial charge is 0.379 e. The summed E-state index contributed by atoms with van der Waals surface area (Å²) in [6.45, 7) is 7.95. The Morgan fingerprint density at radius 1 is 1.43 bits per heavy atom. The van der Waals surface area contributed by atoms with Crippen LogP contribution in [-0.4, -0.2) is 54.0 Å². The van der Waals surface area contributed by atoms with Gasteiger partial charge in [-0.3, -0.25) is 9.69 Å². The standard InChI is InChI=1S/C15H23N3O2S/c1-12(2)14(21-13-5-3-4-6-16-13)15(19)17-11-18-7-9-20-10-8-18/h3-6,12,14H,7-11H2,1-2H3,(H,17,19). The maximum absolute atomic E-state index is 12.4. The molecule has 0 saturated carbocycles. The maximum Gasteiger partial charge on any atom is 0.234 e. The molecule has 2 heterocycles. The van der Waals surface area contributed by atoms with Crippen LogP contribution >= 0.6 is 11.8 Å². The molecule has 5 nitrogen and oxygen atoms in total. The lowest BCUT2D eigenvalue weighted by atomic mass is 10.1. The molecular weight excluding hydrogens is 286 g/mol. The van der Waals surface area contributed by atoms with Crippen LogP contribution in [0.1, 0.15) is 13.8 Å². The average Bonchev–Trinajstić information content (AvgIpc) is 2.52. The van der Waals surface area contributed by atoms with Crippen LogP contribution in [0.25, 0.3) is 0 Å². The number of hydrogen-bond donors (Lipinski definition) is 1. The Hall–Kier alpha value is -1.11. The van der Waals surface area contributed by atoms with E-state index in [4.69, 9.17) is 4.74 Å². The van der Waals surface area contributed by atoms with E-state index >= 15 is 0 Å². The van der Waals surface area contributed by atoms with Crippen molar-refractivity contribution in [3.8, 4) is 0 Å². The number of carbonyl (C=O) groups is 1. The fourth-order valence-electron chi connectivity index (χ4n) is 2.09. The highest BCUT2D eigenvalue weighted by atomic mass is 32.2. The number of pyridine rings is 1. The molecule has 1 fully saturated rings. The summed E-state index contributed by atoms with van der Waals surface area (Å²) >= 11 is 1.53. The van der Waals surface area contributed by atoms with E-state index in [1.165, 1.54) is 11.8 Å². The van der Waals surface area contributed by atoms with Gasteiger partial charge in [-0.05, 0) is 18.1 Å². The van der Waals surface area contributed by atoms with Crippen molar-refractivity contribution in [1.82, 2.24) is 15.2 Å². The molecule has 0 radical (unpaired) electrons. The van der Waals surface area contributed by atoms with Crippen LogP contribution in [0.4, 0.5) is 0 Å². The molecule has 0 aromatic carbocycles.